The average Bonchev–Trinajstić information content (AvgIpc) is 2.97. The lowest BCUT2D eigenvalue weighted by atomic mass is 10.1. The van der Waals surface area contributed by atoms with E-state index in [0.29, 0.717) is 11.3 Å². The fourth-order valence-corrected chi connectivity index (χ4v) is 2.13. The lowest BCUT2D eigenvalue weighted by Crippen LogP contribution is -2.05. The maximum atomic E-state index is 9.23. The van der Waals surface area contributed by atoms with Gasteiger partial charge in [0.15, 0.2) is 11.3 Å². The van der Waals surface area contributed by atoms with E-state index in [1.165, 1.54) is 0 Å². The lowest BCUT2D eigenvalue weighted by Gasteiger charge is -2.05. The molecule has 2 heterocycles. The molecular weight excluding hydrogens is 276 g/mol. The van der Waals surface area contributed by atoms with Crippen LogP contribution in [0.5, 0.6) is 0 Å². The number of fused-ring (bicyclic) bond motifs is 1. The molecule has 0 radical (unpaired) electrons. The minimum Gasteiger partial charge on any atom is -0.383 e. The minimum atomic E-state index is 0.244. The Hall–Kier alpha value is -3.20. The summed E-state index contributed by atoms with van der Waals surface area (Å²) in [5, 5.41) is 21.8. The zero-order chi connectivity index (χ0) is 15.5. The van der Waals surface area contributed by atoms with E-state index in [1.807, 2.05) is 61.6 Å². The van der Waals surface area contributed by atoms with Crippen LogP contribution in [0.2, 0.25) is 0 Å². The molecular formula is C16H14N6. The first-order valence-corrected chi connectivity index (χ1v) is 6.75. The molecule has 0 atom stereocenters. The van der Waals surface area contributed by atoms with Gasteiger partial charge in [-0.25, -0.2) is 4.52 Å². The van der Waals surface area contributed by atoms with Crippen LogP contribution < -0.4 is 0 Å². The Bertz CT molecular complexity index is 871. The molecule has 0 saturated carbocycles. The largest absolute Gasteiger partial charge is 0.383 e. The van der Waals surface area contributed by atoms with Crippen molar-refractivity contribution in [3.63, 3.8) is 0 Å². The molecule has 0 aliphatic heterocycles. The van der Waals surface area contributed by atoms with Crippen LogP contribution in [0.4, 0.5) is 0 Å². The number of hydrogen-bond donors (Lipinski definition) is 0. The van der Waals surface area contributed by atoms with Crippen molar-refractivity contribution >= 4 is 11.7 Å². The molecule has 0 bridgehead atoms. The number of hydrogen-bond acceptors (Lipinski definition) is 5. The highest BCUT2D eigenvalue weighted by Crippen LogP contribution is 2.24. The highest BCUT2D eigenvalue weighted by atomic mass is 15.3. The molecule has 3 rings (SSSR count). The summed E-state index contributed by atoms with van der Waals surface area (Å²) in [5.74, 6) is 0. The zero-order valence-corrected chi connectivity index (χ0v) is 12.3. The summed E-state index contributed by atoms with van der Waals surface area (Å²) in [6, 6.07) is 11.9. The Morgan fingerprint density at radius 1 is 1.18 bits per heavy atom. The number of nitriles is 1. The first kappa shape index (κ1) is 13.8. The highest BCUT2D eigenvalue weighted by molar-refractivity contribution is 5.77. The molecule has 0 saturated heterocycles. The van der Waals surface area contributed by atoms with E-state index in [9.17, 15) is 5.26 Å². The first-order chi connectivity index (χ1) is 10.7. The fourth-order valence-electron chi connectivity index (χ4n) is 2.13. The molecule has 108 valence electrons. The van der Waals surface area contributed by atoms with Gasteiger partial charge in [-0.15, -0.1) is 10.2 Å². The van der Waals surface area contributed by atoms with Crippen LogP contribution in [0, 0.1) is 11.3 Å². The van der Waals surface area contributed by atoms with Crippen LogP contribution in [0.15, 0.2) is 42.7 Å². The van der Waals surface area contributed by atoms with Gasteiger partial charge >= 0.3 is 0 Å². The summed E-state index contributed by atoms with van der Waals surface area (Å²) in [5.41, 5.74) is 3.39. The van der Waals surface area contributed by atoms with Crippen molar-refractivity contribution in [2.24, 2.45) is 0 Å². The molecule has 0 aliphatic carbocycles. The van der Waals surface area contributed by atoms with E-state index in [2.05, 4.69) is 21.4 Å². The molecule has 0 fully saturated rings. The van der Waals surface area contributed by atoms with E-state index < -0.39 is 0 Å². The molecule has 6 heteroatoms. The molecule has 1 aromatic carbocycles. The topological polar surface area (TPSA) is 70.1 Å². The maximum absolute atomic E-state index is 9.23. The molecule has 2 aromatic heterocycles. The van der Waals surface area contributed by atoms with Gasteiger partial charge < -0.3 is 4.90 Å². The van der Waals surface area contributed by atoms with E-state index in [-0.39, 0.29) is 5.69 Å². The van der Waals surface area contributed by atoms with Gasteiger partial charge in [0.05, 0.1) is 6.20 Å². The lowest BCUT2D eigenvalue weighted by molar-refractivity contribution is 0.567. The van der Waals surface area contributed by atoms with Gasteiger partial charge in [0, 0.05) is 25.9 Å². The summed E-state index contributed by atoms with van der Waals surface area (Å²) >= 11 is 0. The van der Waals surface area contributed by atoms with Crippen molar-refractivity contribution in [3.05, 3.63) is 54.1 Å². The van der Waals surface area contributed by atoms with Crippen LogP contribution in [-0.4, -0.2) is 38.8 Å². The minimum absolute atomic E-state index is 0.244. The van der Waals surface area contributed by atoms with Gasteiger partial charge in [0.1, 0.15) is 11.8 Å². The van der Waals surface area contributed by atoms with E-state index in [1.54, 1.807) is 10.7 Å². The van der Waals surface area contributed by atoms with E-state index in [0.717, 1.165) is 11.1 Å². The van der Waals surface area contributed by atoms with E-state index in [4.69, 9.17) is 0 Å². The Labute approximate surface area is 127 Å². The van der Waals surface area contributed by atoms with Crippen LogP contribution >= 0.6 is 0 Å². The molecule has 0 aliphatic rings. The van der Waals surface area contributed by atoms with Gasteiger partial charge in [0.25, 0.3) is 0 Å². The monoisotopic (exact) mass is 290 g/mol. The summed E-state index contributed by atoms with van der Waals surface area (Å²) in [4.78, 5) is 1.88. The fraction of sp³-hybridized carbons (Fsp3) is 0.125. The first-order valence-electron chi connectivity index (χ1n) is 6.75. The Kier molecular flexibility index (Phi) is 3.54. The van der Waals surface area contributed by atoms with Crippen LogP contribution in [0.25, 0.3) is 22.9 Å². The van der Waals surface area contributed by atoms with Gasteiger partial charge in [-0.3, -0.25) is 0 Å². The van der Waals surface area contributed by atoms with Crippen LogP contribution in [-0.2, 0) is 0 Å². The summed E-state index contributed by atoms with van der Waals surface area (Å²) in [7, 11) is 3.82. The van der Waals surface area contributed by atoms with Crippen molar-refractivity contribution in [3.8, 4) is 17.2 Å². The second-order valence-electron chi connectivity index (χ2n) is 4.98. The number of aromatic nitrogens is 4. The highest BCUT2D eigenvalue weighted by Gasteiger charge is 2.14. The number of benzene rings is 1. The molecule has 22 heavy (non-hydrogen) atoms. The average molecular weight is 290 g/mol. The van der Waals surface area contributed by atoms with Crippen molar-refractivity contribution in [1.82, 2.24) is 24.7 Å². The normalized spacial score (nSPS) is 11.0. The predicted octanol–water partition coefficient (Wildman–Crippen LogP) is 2.20. The van der Waals surface area contributed by atoms with Crippen LogP contribution in [0.1, 0.15) is 11.4 Å². The predicted molar refractivity (Wildman–Crippen MR) is 83.7 cm³/mol. The van der Waals surface area contributed by atoms with Crippen molar-refractivity contribution in [2.45, 2.75) is 0 Å². The molecule has 0 N–H and O–H groups in total. The molecule has 0 spiro atoms. The Balaban J connectivity index is 2.22. The molecule has 0 unspecified atom stereocenters. The SMILES string of the molecule is CN(C)C=Cc1c(C#N)nnc2c(-c3ccccc3)cnn12. The van der Waals surface area contributed by atoms with Gasteiger partial charge in [-0.05, 0) is 11.6 Å². The Morgan fingerprint density at radius 3 is 2.64 bits per heavy atom. The number of rotatable bonds is 3. The van der Waals surface area contributed by atoms with Crippen molar-refractivity contribution < 1.29 is 0 Å². The molecule has 0 amide bonds. The second-order valence-corrected chi connectivity index (χ2v) is 4.98. The van der Waals surface area contributed by atoms with Gasteiger partial charge in [-0.1, -0.05) is 30.3 Å². The summed E-state index contributed by atoms with van der Waals surface area (Å²) < 4.78 is 1.65. The standard InChI is InChI=1S/C16H14N6/c1-21(2)9-8-15-14(10-17)19-20-16-13(11-18-22(15)16)12-6-4-3-5-7-12/h3-9,11H,1-2H3. The third-order valence-electron chi connectivity index (χ3n) is 3.18. The third-order valence-corrected chi connectivity index (χ3v) is 3.18. The summed E-state index contributed by atoms with van der Waals surface area (Å²) in [6.45, 7) is 0. The summed E-state index contributed by atoms with van der Waals surface area (Å²) in [6.07, 6.45) is 5.40. The van der Waals surface area contributed by atoms with Gasteiger partial charge in [0.2, 0.25) is 0 Å². The Morgan fingerprint density at radius 2 is 1.95 bits per heavy atom. The maximum Gasteiger partial charge on any atom is 0.188 e. The van der Waals surface area contributed by atoms with E-state index >= 15 is 0 Å². The third kappa shape index (κ3) is 2.40. The molecule has 6 nitrogen and oxygen atoms in total. The second kappa shape index (κ2) is 5.66. The van der Waals surface area contributed by atoms with Crippen LogP contribution in [0.3, 0.4) is 0 Å². The van der Waals surface area contributed by atoms with Crippen molar-refractivity contribution in [2.75, 3.05) is 14.1 Å². The quantitative estimate of drug-likeness (QED) is 0.739. The van der Waals surface area contributed by atoms with Crippen molar-refractivity contribution in [1.29, 1.82) is 5.26 Å². The van der Waals surface area contributed by atoms with Gasteiger partial charge in [-0.2, -0.15) is 10.4 Å². The smallest absolute Gasteiger partial charge is 0.188 e. The number of nitrogens with zero attached hydrogens (tertiary/aromatic N) is 6. The molecule has 3 aromatic rings. The zero-order valence-electron chi connectivity index (χ0n) is 12.3.